The van der Waals surface area contributed by atoms with Gasteiger partial charge in [-0.25, -0.2) is 4.98 Å². The van der Waals surface area contributed by atoms with E-state index < -0.39 is 0 Å². The van der Waals surface area contributed by atoms with Gasteiger partial charge in [0.05, 0.1) is 5.69 Å². The van der Waals surface area contributed by atoms with Crippen LogP contribution >= 0.6 is 39.1 Å². The zero-order valence-electron chi connectivity index (χ0n) is 8.52. The van der Waals surface area contributed by atoms with E-state index in [-0.39, 0.29) is 0 Å². The van der Waals surface area contributed by atoms with Crippen molar-refractivity contribution in [2.24, 2.45) is 0 Å². The number of hydrogen-bond donors (Lipinski definition) is 1. The van der Waals surface area contributed by atoms with Gasteiger partial charge in [-0.1, -0.05) is 29.3 Å². The van der Waals surface area contributed by atoms with Gasteiger partial charge < -0.3 is 4.98 Å². The lowest BCUT2D eigenvalue weighted by atomic mass is 10.1. The van der Waals surface area contributed by atoms with Crippen molar-refractivity contribution in [3.8, 4) is 0 Å². The highest BCUT2D eigenvalue weighted by Crippen LogP contribution is 2.25. The van der Waals surface area contributed by atoms with Gasteiger partial charge in [0.1, 0.15) is 10.4 Å². The molecule has 0 aliphatic heterocycles. The molecule has 2 rings (SSSR count). The number of aromatic amines is 1. The Bertz CT molecular complexity index is 523. The third-order valence-corrected chi connectivity index (χ3v) is 3.47. The van der Waals surface area contributed by atoms with Crippen LogP contribution in [0.1, 0.15) is 17.1 Å². The Hall–Kier alpha value is -0.510. The molecule has 0 saturated heterocycles. The average Bonchev–Trinajstić information content (AvgIpc) is 2.50. The van der Waals surface area contributed by atoms with Crippen molar-refractivity contribution in [2.75, 3.05) is 0 Å². The molecule has 0 aliphatic rings. The largest absolute Gasteiger partial charge is 0.345 e. The Labute approximate surface area is 112 Å². The molecule has 2 aromatic rings. The number of benzene rings is 1. The monoisotopic (exact) mass is 318 g/mol. The SMILES string of the molecule is Cc1nc(Br)c(Cc2ccc(Cl)cc2Cl)[nH]1. The number of halogens is 3. The molecule has 5 heteroatoms. The van der Waals surface area contributed by atoms with E-state index in [2.05, 4.69) is 25.9 Å². The number of nitrogens with zero attached hydrogens (tertiary/aromatic N) is 1. The van der Waals surface area contributed by atoms with Gasteiger partial charge in [0.25, 0.3) is 0 Å². The Morgan fingerprint density at radius 3 is 2.69 bits per heavy atom. The summed E-state index contributed by atoms with van der Waals surface area (Å²) in [6, 6.07) is 5.50. The van der Waals surface area contributed by atoms with Crippen LogP contribution in [0.4, 0.5) is 0 Å². The Morgan fingerprint density at radius 1 is 1.38 bits per heavy atom. The Kier molecular flexibility index (Phi) is 3.57. The number of imidazole rings is 1. The lowest BCUT2D eigenvalue weighted by Crippen LogP contribution is -1.91. The summed E-state index contributed by atoms with van der Waals surface area (Å²) < 4.78 is 0.830. The predicted octanol–water partition coefficient (Wildman–Crippen LogP) is 4.38. The maximum absolute atomic E-state index is 6.10. The van der Waals surface area contributed by atoms with Gasteiger partial charge in [-0.05, 0) is 40.5 Å². The molecule has 0 amide bonds. The van der Waals surface area contributed by atoms with Gasteiger partial charge in [-0.2, -0.15) is 0 Å². The van der Waals surface area contributed by atoms with Crippen LogP contribution < -0.4 is 0 Å². The lowest BCUT2D eigenvalue weighted by Gasteiger charge is -2.03. The molecule has 1 aromatic heterocycles. The van der Waals surface area contributed by atoms with Crippen LogP contribution in [0.25, 0.3) is 0 Å². The third kappa shape index (κ3) is 2.59. The molecule has 84 valence electrons. The number of hydrogen-bond acceptors (Lipinski definition) is 1. The summed E-state index contributed by atoms with van der Waals surface area (Å²) in [7, 11) is 0. The van der Waals surface area contributed by atoms with Gasteiger partial charge in [-0.3, -0.25) is 0 Å². The van der Waals surface area contributed by atoms with Crippen molar-refractivity contribution in [2.45, 2.75) is 13.3 Å². The second-order valence-corrected chi connectivity index (χ2v) is 5.10. The maximum atomic E-state index is 6.10. The first-order valence-corrected chi connectivity index (χ1v) is 6.26. The summed E-state index contributed by atoms with van der Waals surface area (Å²) in [6.45, 7) is 1.91. The van der Waals surface area contributed by atoms with Crippen LogP contribution in [-0.4, -0.2) is 9.97 Å². The smallest absolute Gasteiger partial charge is 0.127 e. The number of aromatic nitrogens is 2. The summed E-state index contributed by atoms with van der Waals surface area (Å²) in [5, 5.41) is 1.32. The first-order valence-electron chi connectivity index (χ1n) is 4.71. The second-order valence-electron chi connectivity index (χ2n) is 3.50. The molecule has 1 N–H and O–H groups in total. The van der Waals surface area contributed by atoms with Crippen LogP contribution in [0.2, 0.25) is 10.0 Å². The standard InChI is InChI=1S/C11H9BrCl2N2/c1-6-15-10(11(12)16-6)4-7-2-3-8(13)5-9(7)14/h2-3,5H,4H2,1H3,(H,15,16). The van der Waals surface area contributed by atoms with Crippen LogP contribution in [0.3, 0.4) is 0 Å². The van der Waals surface area contributed by atoms with E-state index in [4.69, 9.17) is 23.2 Å². The van der Waals surface area contributed by atoms with Crippen molar-refractivity contribution in [1.82, 2.24) is 9.97 Å². The fourth-order valence-corrected chi connectivity index (χ4v) is 2.47. The first kappa shape index (κ1) is 12.0. The van der Waals surface area contributed by atoms with Gasteiger partial charge in [0, 0.05) is 16.5 Å². The Balaban J connectivity index is 2.30. The van der Waals surface area contributed by atoms with Crippen LogP contribution in [0.5, 0.6) is 0 Å². The number of nitrogens with one attached hydrogen (secondary N) is 1. The van der Waals surface area contributed by atoms with E-state index in [1.165, 1.54) is 0 Å². The molecular weight excluding hydrogens is 311 g/mol. The summed E-state index contributed by atoms with van der Waals surface area (Å²) >= 11 is 15.3. The van der Waals surface area contributed by atoms with Crippen molar-refractivity contribution in [3.05, 3.63) is 49.9 Å². The summed E-state index contributed by atoms with van der Waals surface area (Å²) in [4.78, 5) is 7.43. The van der Waals surface area contributed by atoms with E-state index in [1.54, 1.807) is 6.07 Å². The van der Waals surface area contributed by atoms with Gasteiger partial charge in [-0.15, -0.1) is 0 Å². The lowest BCUT2D eigenvalue weighted by molar-refractivity contribution is 1.07. The van der Waals surface area contributed by atoms with E-state index in [9.17, 15) is 0 Å². The van der Waals surface area contributed by atoms with Crippen LogP contribution in [0, 0.1) is 6.92 Å². The molecule has 0 saturated carbocycles. The molecular formula is C11H9BrCl2N2. The summed E-state index contributed by atoms with van der Waals surface area (Å²) in [5.74, 6) is 0.881. The number of H-pyrrole nitrogens is 1. The first-order chi connectivity index (χ1) is 7.56. The summed E-state index contributed by atoms with van der Waals surface area (Å²) in [6.07, 6.45) is 0.706. The molecule has 0 fully saturated rings. The third-order valence-electron chi connectivity index (χ3n) is 2.23. The highest BCUT2D eigenvalue weighted by atomic mass is 79.9. The van der Waals surface area contributed by atoms with E-state index in [0.29, 0.717) is 16.5 Å². The maximum Gasteiger partial charge on any atom is 0.127 e. The highest BCUT2D eigenvalue weighted by molar-refractivity contribution is 9.10. The number of rotatable bonds is 2. The van der Waals surface area contributed by atoms with Crippen molar-refractivity contribution >= 4 is 39.1 Å². The number of aryl methyl sites for hydroxylation is 1. The van der Waals surface area contributed by atoms with E-state index >= 15 is 0 Å². The fraction of sp³-hybridized carbons (Fsp3) is 0.182. The van der Waals surface area contributed by atoms with Gasteiger partial charge in [0.15, 0.2) is 0 Å². The minimum Gasteiger partial charge on any atom is -0.345 e. The molecule has 1 aromatic carbocycles. The topological polar surface area (TPSA) is 28.7 Å². The van der Waals surface area contributed by atoms with Gasteiger partial charge in [0.2, 0.25) is 0 Å². The molecule has 16 heavy (non-hydrogen) atoms. The minimum atomic E-state index is 0.647. The second kappa shape index (κ2) is 4.78. The van der Waals surface area contributed by atoms with E-state index in [1.807, 2.05) is 19.1 Å². The molecule has 2 nitrogen and oxygen atoms in total. The predicted molar refractivity (Wildman–Crippen MR) is 70.3 cm³/mol. The molecule has 1 heterocycles. The molecule has 0 aliphatic carbocycles. The molecule has 0 unspecified atom stereocenters. The van der Waals surface area contributed by atoms with Crippen molar-refractivity contribution in [3.63, 3.8) is 0 Å². The highest BCUT2D eigenvalue weighted by Gasteiger charge is 2.08. The van der Waals surface area contributed by atoms with E-state index in [0.717, 1.165) is 21.7 Å². The minimum absolute atomic E-state index is 0.647. The molecule has 0 atom stereocenters. The normalized spacial score (nSPS) is 10.8. The zero-order chi connectivity index (χ0) is 11.7. The fourth-order valence-electron chi connectivity index (χ4n) is 1.49. The zero-order valence-corrected chi connectivity index (χ0v) is 11.6. The molecule has 0 radical (unpaired) electrons. The molecule has 0 spiro atoms. The quantitative estimate of drug-likeness (QED) is 0.874. The summed E-state index contributed by atoms with van der Waals surface area (Å²) in [5.41, 5.74) is 2.04. The average molecular weight is 320 g/mol. The Morgan fingerprint density at radius 2 is 2.12 bits per heavy atom. The van der Waals surface area contributed by atoms with Crippen molar-refractivity contribution < 1.29 is 0 Å². The van der Waals surface area contributed by atoms with Gasteiger partial charge >= 0.3 is 0 Å². The molecule has 0 bridgehead atoms. The van der Waals surface area contributed by atoms with Crippen LogP contribution in [0.15, 0.2) is 22.8 Å². The van der Waals surface area contributed by atoms with Crippen LogP contribution in [-0.2, 0) is 6.42 Å². The van der Waals surface area contributed by atoms with Crippen molar-refractivity contribution in [1.29, 1.82) is 0 Å².